The molecule has 1 amide bonds. The van der Waals surface area contributed by atoms with Gasteiger partial charge in [-0.25, -0.2) is 4.98 Å². The monoisotopic (exact) mass is 515 g/mol. The summed E-state index contributed by atoms with van der Waals surface area (Å²) in [6.07, 6.45) is 4.24. The highest BCUT2D eigenvalue weighted by Gasteiger charge is 2.37. The molecule has 0 aliphatic carbocycles. The van der Waals surface area contributed by atoms with E-state index in [1.807, 2.05) is 53.0 Å². The second-order valence-electron chi connectivity index (χ2n) is 11.3. The van der Waals surface area contributed by atoms with Crippen molar-refractivity contribution in [3.05, 3.63) is 60.2 Å². The summed E-state index contributed by atoms with van der Waals surface area (Å²) in [5.41, 5.74) is 4.73. The van der Waals surface area contributed by atoms with Gasteiger partial charge in [0.25, 0.3) is 0 Å². The smallest absolute Gasteiger partial charge is 0.223 e. The number of aromatic nitrogens is 4. The van der Waals surface area contributed by atoms with Crippen molar-refractivity contribution in [2.45, 2.75) is 65.6 Å². The predicted octanol–water partition coefficient (Wildman–Crippen LogP) is 5.88. The first kappa shape index (κ1) is 25.8. The minimum Gasteiger partial charge on any atom is -0.497 e. The number of H-pyrrole nitrogens is 1. The molecular formula is C30H37N5O3. The van der Waals surface area contributed by atoms with Gasteiger partial charge >= 0.3 is 0 Å². The number of hydrogen-bond donors (Lipinski definition) is 1. The van der Waals surface area contributed by atoms with Crippen LogP contribution in [0.4, 0.5) is 0 Å². The van der Waals surface area contributed by atoms with Gasteiger partial charge in [-0.05, 0) is 76.9 Å². The van der Waals surface area contributed by atoms with Gasteiger partial charge in [-0.1, -0.05) is 12.1 Å². The molecule has 8 nitrogen and oxygen atoms in total. The minimum absolute atomic E-state index is 0.0195. The van der Waals surface area contributed by atoms with E-state index in [4.69, 9.17) is 14.5 Å². The molecule has 2 unspecified atom stereocenters. The van der Waals surface area contributed by atoms with Gasteiger partial charge < -0.3 is 19.4 Å². The van der Waals surface area contributed by atoms with E-state index in [0.717, 1.165) is 39.3 Å². The summed E-state index contributed by atoms with van der Waals surface area (Å²) in [5.74, 6) is 2.58. The molecule has 38 heavy (non-hydrogen) atoms. The number of methoxy groups -OCH3 is 1. The molecule has 1 fully saturated rings. The number of carbonyl (C=O) groups is 1. The molecule has 1 aliphatic heterocycles. The van der Waals surface area contributed by atoms with Crippen LogP contribution in [0.2, 0.25) is 0 Å². The first-order valence-electron chi connectivity index (χ1n) is 13.2. The minimum atomic E-state index is -0.167. The van der Waals surface area contributed by atoms with E-state index in [1.54, 1.807) is 7.11 Å². The molecule has 0 spiro atoms. The number of benzene rings is 2. The lowest BCUT2D eigenvalue weighted by Gasteiger charge is -2.27. The van der Waals surface area contributed by atoms with Crippen LogP contribution < -0.4 is 9.47 Å². The maximum atomic E-state index is 13.0. The molecule has 4 aromatic rings. The SMILES string of the molecule is COc1ccc(C(C)N2C[C@H](C(C)Oc3cc(-c4cnn(C(C)(C)C)c4)cc4[nH]c(C)nc34)CC2=O)cc1. The largest absolute Gasteiger partial charge is 0.497 e. The number of rotatable bonds is 7. The number of aromatic amines is 1. The fourth-order valence-corrected chi connectivity index (χ4v) is 5.11. The summed E-state index contributed by atoms with van der Waals surface area (Å²) >= 11 is 0. The number of hydrogen-bond acceptors (Lipinski definition) is 5. The molecule has 1 N–H and O–H groups in total. The Hall–Kier alpha value is -3.81. The molecule has 1 aliphatic rings. The first-order valence-corrected chi connectivity index (χ1v) is 13.2. The van der Waals surface area contributed by atoms with Crippen LogP contribution in [0.1, 0.15) is 58.5 Å². The Kier molecular flexibility index (Phi) is 6.67. The highest BCUT2D eigenvalue weighted by Crippen LogP contribution is 2.36. The third-order valence-corrected chi connectivity index (χ3v) is 7.50. The molecule has 2 aromatic heterocycles. The summed E-state index contributed by atoms with van der Waals surface area (Å²) < 4.78 is 13.8. The van der Waals surface area contributed by atoms with E-state index in [9.17, 15) is 4.79 Å². The molecule has 0 bridgehead atoms. The third kappa shape index (κ3) is 4.99. The van der Waals surface area contributed by atoms with Crippen molar-refractivity contribution in [3.63, 3.8) is 0 Å². The van der Waals surface area contributed by atoms with Crippen LogP contribution in [-0.4, -0.2) is 50.3 Å². The second kappa shape index (κ2) is 9.82. The summed E-state index contributed by atoms with van der Waals surface area (Å²) in [7, 11) is 1.65. The third-order valence-electron chi connectivity index (χ3n) is 7.50. The van der Waals surface area contributed by atoms with E-state index in [-0.39, 0.29) is 29.5 Å². The number of amides is 1. The zero-order valence-electron chi connectivity index (χ0n) is 23.3. The van der Waals surface area contributed by atoms with Gasteiger partial charge in [-0.15, -0.1) is 0 Å². The lowest BCUT2D eigenvalue weighted by Crippen LogP contribution is -2.31. The van der Waals surface area contributed by atoms with Crippen molar-refractivity contribution >= 4 is 16.9 Å². The normalized spacial score (nSPS) is 17.7. The van der Waals surface area contributed by atoms with E-state index >= 15 is 0 Å². The van der Waals surface area contributed by atoms with E-state index in [2.05, 4.69) is 57.0 Å². The number of nitrogens with one attached hydrogen (secondary N) is 1. The van der Waals surface area contributed by atoms with Crippen LogP contribution in [0.3, 0.4) is 0 Å². The van der Waals surface area contributed by atoms with Gasteiger partial charge in [0.2, 0.25) is 5.91 Å². The Labute approximate surface area is 224 Å². The van der Waals surface area contributed by atoms with Crippen LogP contribution in [0.15, 0.2) is 48.8 Å². The molecule has 2 aromatic carbocycles. The van der Waals surface area contributed by atoms with Crippen molar-refractivity contribution in [1.82, 2.24) is 24.6 Å². The van der Waals surface area contributed by atoms with Crippen molar-refractivity contribution in [1.29, 1.82) is 0 Å². The number of imidazole rings is 1. The summed E-state index contributed by atoms with van der Waals surface area (Å²) in [6, 6.07) is 12.0. The summed E-state index contributed by atoms with van der Waals surface area (Å²) in [6.45, 7) is 13.1. The first-order chi connectivity index (χ1) is 18.0. The van der Waals surface area contributed by atoms with Crippen LogP contribution >= 0.6 is 0 Å². The topological polar surface area (TPSA) is 85.3 Å². The van der Waals surface area contributed by atoms with Crippen molar-refractivity contribution in [2.75, 3.05) is 13.7 Å². The zero-order valence-corrected chi connectivity index (χ0v) is 23.3. The molecule has 0 saturated carbocycles. The van der Waals surface area contributed by atoms with Gasteiger partial charge in [0.15, 0.2) is 0 Å². The number of aryl methyl sites for hydroxylation is 1. The second-order valence-corrected chi connectivity index (χ2v) is 11.3. The molecule has 8 heteroatoms. The molecule has 0 radical (unpaired) electrons. The Balaban J connectivity index is 1.37. The number of carbonyl (C=O) groups excluding carboxylic acids is 1. The number of fused-ring (bicyclic) bond motifs is 1. The maximum Gasteiger partial charge on any atom is 0.223 e. The Morgan fingerprint density at radius 3 is 2.50 bits per heavy atom. The van der Waals surface area contributed by atoms with Gasteiger partial charge in [0, 0.05) is 30.6 Å². The molecule has 3 heterocycles. The number of likely N-dealkylation sites (tertiary alicyclic amines) is 1. The van der Waals surface area contributed by atoms with Crippen molar-refractivity contribution in [3.8, 4) is 22.6 Å². The Morgan fingerprint density at radius 2 is 1.84 bits per heavy atom. The molecule has 3 atom stereocenters. The summed E-state index contributed by atoms with van der Waals surface area (Å²) in [5, 5.41) is 4.57. The molecular weight excluding hydrogens is 478 g/mol. The average molecular weight is 516 g/mol. The van der Waals surface area contributed by atoms with Crippen molar-refractivity contribution < 1.29 is 14.3 Å². The van der Waals surface area contributed by atoms with E-state index in [1.165, 1.54) is 0 Å². The highest BCUT2D eigenvalue weighted by molar-refractivity contribution is 5.87. The quantitative estimate of drug-likeness (QED) is 0.332. The van der Waals surface area contributed by atoms with E-state index in [0.29, 0.717) is 18.7 Å². The highest BCUT2D eigenvalue weighted by atomic mass is 16.5. The van der Waals surface area contributed by atoms with Gasteiger partial charge in [0.1, 0.15) is 28.9 Å². The maximum absolute atomic E-state index is 13.0. The number of ether oxygens (including phenoxy) is 2. The molecule has 200 valence electrons. The van der Waals surface area contributed by atoms with E-state index < -0.39 is 0 Å². The fraction of sp³-hybridized carbons (Fsp3) is 0.433. The lowest BCUT2D eigenvalue weighted by atomic mass is 10.0. The van der Waals surface area contributed by atoms with Crippen molar-refractivity contribution in [2.24, 2.45) is 5.92 Å². The Bertz CT molecular complexity index is 1450. The average Bonchev–Trinajstić information content (AvgIpc) is 3.61. The van der Waals surface area contributed by atoms with Crippen LogP contribution in [0.25, 0.3) is 22.2 Å². The van der Waals surface area contributed by atoms with Crippen LogP contribution in [-0.2, 0) is 10.3 Å². The van der Waals surface area contributed by atoms with Crippen LogP contribution in [0.5, 0.6) is 11.5 Å². The zero-order chi connectivity index (χ0) is 27.2. The predicted molar refractivity (Wildman–Crippen MR) is 148 cm³/mol. The standard InChI is InChI=1S/C30H37N5O3/c1-18(21-8-10-25(37-7)11-9-21)34-16-23(14-28(34)36)19(2)38-27-13-22(12-26-29(27)33-20(3)32-26)24-15-31-35(17-24)30(4,5)6/h8-13,15,17-19,23H,14,16H2,1-7H3,(H,32,33)/t18?,19?,23-/m1/s1. The fourth-order valence-electron chi connectivity index (χ4n) is 5.11. The number of nitrogens with zero attached hydrogens (tertiary/aromatic N) is 4. The lowest BCUT2D eigenvalue weighted by molar-refractivity contribution is -0.129. The Morgan fingerprint density at radius 1 is 1.11 bits per heavy atom. The summed E-state index contributed by atoms with van der Waals surface area (Å²) in [4.78, 5) is 23.0. The molecule has 5 rings (SSSR count). The van der Waals surface area contributed by atoms with Gasteiger partial charge in [0.05, 0.1) is 30.4 Å². The molecule has 1 saturated heterocycles. The van der Waals surface area contributed by atoms with Gasteiger partial charge in [-0.2, -0.15) is 5.10 Å². The van der Waals surface area contributed by atoms with Crippen LogP contribution in [0, 0.1) is 12.8 Å². The van der Waals surface area contributed by atoms with Gasteiger partial charge in [-0.3, -0.25) is 9.48 Å².